The molecule has 1 aliphatic rings. The Morgan fingerprint density at radius 1 is 1.46 bits per heavy atom. The van der Waals surface area contributed by atoms with Gasteiger partial charge >= 0.3 is 0 Å². The molecule has 0 nitrogen and oxygen atoms in total. The van der Waals surface area contributed by atoms with Gasteiger partial charge in [0.25, 0.3) is 0 Å². The molecule has 0 aliphatic carbocycles. The predicted octanol–water partition coefficient (Wildman–Crippen LogP) is 4.42. The molecule has 2 heteroatoms. The molecular weight excluding hydrogens is 196 g/mol. The van der Waals surface area contributed by atoms with E-state index in [-0.39, 0.29) is 0 Å². The average Bonchev–Trinajstić information content (AvgIpc) is 2.48. The van der Waals surface area contributed by atoms with E-state index >= 15 is 0 Å². The third-order valence-electron chi connectivity index (χ3n) is 1.98. The molecule has 0 aromatic carbocycles. The standard InChI is InChI=1S/C11H16S2/c1-5-7-10-9(6-2)11(8(3)4)13-12-10/h5-8,11H,2H2,1,3-4H3/b7-5-. The third-order valence-corrected chi connectivity index (χ3v) is 5.08. The van der Waals surface area contributed by atoms with Crippen LogP contribution in [0.3, 0.4) is 0 Å². The summed E-state index contributed by atoms with van der Waals surface area (Å²) >= 11 is 0. The van der Waals surface area contributed by atoms with Crippen LogP contribution in [0, 0.1) is 5.92 Å². The van der Waals surface area contributed by atoms with Gasteiger partial charge in [-0.15, -0.1) is 0 Å². The molecule has 13 heavy (non-hydrogen) atoms. The summed E-state index contributed by atoms with van der Waals surface area (Å²) in [4.78, 5) is 1.38. The van der Waals surface area contributed by atoms with E-state index in [9.17, 15) is 0 Å². The quantitative estimate of drug-likeness (QED) is 0.635. The van der Waals surface area contributed by atoms with Gasteiger partial charge in [0.2, 0.25) is 0 Å². The Bertz CT molecular complexity index is 249. The first-order valence-corrected chi connectivity index (χ1v) is 6.74. The van der Waals surface area contributed by atoms with Gasteiger partial charge in [0.1, 0.15) is 0 Å². The van der Waals surface area contributed by atoms with E-state index in [0.29, 0.717) is 11.2 Å². The van der Waals surface area contributed by atoms with Gasteiger partial charge in [-0.25, -0.2) is 0 Å². The average molecular weight is 212 g/mol. The Labute approximate surface area is 89.0 Å². The molecule has 0 bridgehead atoms. The highest BCUT2D eigenvalue weighted by Crippen LogP contribution is 2.50. The minimum atomic E-state index is 0.619. The van der Waals surface area contributed by atoms with Gasteiger partial charge in [0, 0.05) is 10.2 Å². The molecule has 0 fully saturated rings. The fraction of sp³-hybridized carbons (Fsp3) is 0.455. The monoisotopic (exact) mass is 212 g/mol. The van der Waals surface area contributed by atoms with Gasteiger partial charge in [-0.1, -0.05) is 60.2 Å². The maximum Gasteiger partial charge on any atom is 0.0438 e. The summed E-state index contributed by atoms with van der Waals surface area (Å²) in [5.74, 6) is 0.688. The highest BCUT2D eigenvalue weighted by molar-refractivity contribution is 8.79. The van der Waals surface area contributed by atoms with Crippen molar-refractivity contribution in [3.8, 4) is 0 Å². The van der Waals surface area contributed by atoms with Gasteiger partial charge in [-0.3, -0.25) is 0 Å². The van der Waals surface area contributed by atoms with E-state index in [1.807, 2.05) is 27.7 Å². The molecule has 1 aliphatic heterocycles. The lowest BCUT2D eigenvalue weighted by atomic mass is 10.0. The molecule has 0 saturated carbocycles. The third kappa shape index (κ3) is 2.44. The molecule has 0 amide bonds. The summed E-state index contributed by atoms with van der Waals surface area (Å²) in [6.07, 6.45) is 6.28. The maximum atomic E-state index is 3.89. The Morgan fingerprint density at radius 3 is 2.62 bits per heavy atom. The lowest BCUT2D eigenvalue weighted by Crippen LogP contribution is -2.09. The van der Waals surface area contributed by atoms with E-state index in [1.54, 1.807) is 0 Å². The molecule has 0 aromatic heterocycles. The van der Waals surface area contributed by atoms with E-state index in [1.165, 1.54) is 10.5 Å². The van der Waals surface area contributed by atoms with Crippen LogP contribution < -0.4 is 0 Å². The lowest BCUT2D eigenvalue weighted by Gasteiger charge is -2.14. The summed E-state index contributed by atoms with van der Waals surface area (Å²) < 4.78 is 0. The van der Waals surface area contributed by atoms with Gasteiger partial charge in [-0.2, -0.15) is 0 Å². The SMILES string of the molecule is C=CC1=C(/C=C\C)SSC1C(C)C. The van der Waals surface area contributed by atoms with Crippen molar-refractivity contribution in [2.24, 2.45) is 5.92 Å². The van der Waals surface area contributed by atoms with Crippen LogP contribution in [0.25, 0.3) is 0 Å². The van der Waals surface area contributed by atoms with Gasteiger partial charge in [0.15, 0.2) is 0 Å². The highest BCUT2D eigenvalue weighted by Gasteiger charge is 2.26. The normalized spacial score (nSPS) is 23.5. The summed E-state index contributed by atoms with van der Waals surface area (Å²) in [6, 6.07) is 0. The molecule has 0 N–H and O–H groups in total. The van der Waals surface area contributed by atoms with Gasteiger partial charge < -0.3 is 0 Å². The first-order chi connectivity index (χ1) is 6.20. The molecule has 0 aromatic rings. The lowest BCUT2D eigenvalue weighted by molar-refractivity contribution is 0.668. The summed E-state index contributed by atoms with van der Waals surface area (Å²) in [6.45, 7) is 10.5. The molecule has 1 rings (SSSR count). The fourth-order valence-electron chi connectivity index (χ4n) is 1.31. The predicted molar refractivity (Wildman–Crippen MR) is 65.8 cm³/mol. The number of hydrogen-bond acceptors (Lipinski definition) is 2. The van der Waals surface area contributed by atoms with Gasteiger partial charge in [0.05, 0.1) is 0 Å². The van der Waals surface area contributed by atoms with Crippen molar-refractivity contribution in [2.75, 3.05) is 0 Å². The van der Waals surface area contributed by atoms with Crippen molar-refractivity contribution < 1.29 is 0 Å². The van der Waals surface area contributed by atoms with Crippen LogP contribution in [0.4, 0.5) is 0 Å². The Kier molecular flexibility index (Phi) is 4.20. The van der Waals surface area contributed by atoms with E-state index < -0.39 is 0 Å². The van der Waals surface area contributed by atoms with Crippen molar-refractivity contribution in [3.63, 3.8) is 0 Å². The largest absolute Gasteiger partial charge is 0.0987 e. The topological polar surface area (TPSA) is 0 Å². The Balaban J connectivity index is 2.91. The molecule has 0 radical (unpaired) electrons. The zero-order valence-corrected chi connectivity index (χ0v) is 10.0. The van der Waals surface area contributed by atoms with Crippen LogP contribution in [-0.2, 0) is 0 Å². The number of allylic oxidation sites excluding steroid dienone is 3. The molecule has 0 saturated heterocycles. The van der Waals surface area contributed by atoms with Gasteiger partial charge in [-0.05, 0) is 18.4 Å². The molecule has 0 spiro atoms. The van der Waals surface area contributed by atoms with Crippen molar-refractivity contribution in [3.05, 3.63) is 35.3 Å². The van der Waals surface area contributed by atoms with Crippen LogP contribution in [0.2, 0.25) is 0 Å². The second-order valence-electron chi connectivity index (χ2n) is 3.37. The molecule has 1 unspecified atom stereocenters. The first kappa shape index (κ1) is 11.0. The second kappa shape index (κ2) is 4.97. The minimum absolute atomic E-state index is 0.619. The van der Waals surface area contributed by atoms with Crippen LogP contribution >= 0.6 is 21.6 Å². The molecule has 1 atom stereocenters. The summed E-state index contributed by atoms with van der Waals surface area (Å²) in [7, 11) is 3.83. The zero-order valence-electron chi connectivity index (χ0n) is 8.41. The van der Waals surface area contributed by atoms with E-state index in [4.69, 9.17) is 0 Å². The molecule has 72 valence electrons. The number of hydrogen-bond donors (Lipinski definition) is 0. The van der Waals surface area contributed by atoms with E-state index in [2.05, 4.69) is 39.5 Å². The minimum Gasteiger partial charge on any atom is -0.0987 e. The number of rotatable bonds is 3. The van der Waals surface area contributed by atoms with Crippen LogP contribution in [0.1, 0.15) is 20.8 Å². The maximum absolute atomic E-state index is 3.89. The molecular formula is C11H16S2. The fourth-order valence-corrected chi connectivity index (χ4v) is 4.69. The Morgan fingerprint density at radius 2 is 2.15 bits per heavy atom. The highest BCUT2D eigenvalue weighted by atomic mass is 33.1. The zero-order chi connectivity index (χ0) is 9.84. The van der Waals surface area contributed by atoms with Crippen molar-refractivity contribution in [1.29, 1.82) is 0 Å². The first-order valence-electron chi connectivity index (χ1n) is 4.53. The summed E-state index contributed by atoms with van der Waals surface area (Å²) in [5.41, 5.74) is 1.41. The van der Waals surface area contributed by atoms with Crippen LogP contribution in [0.15, 0.2) is 35.3 Å². The van der Waals surface area contributed by atoms with E-state index in [0.717, 1.165) is 0 Å². The van der Waals surface area contributed by atoms with Crippen molar-refractivity contribution >= 4 is 21.6 Å². The van der Waals surface area contributed by atoms with Crippen molar-refractivity contribution in [1.82, 2.24) is 0 Å². The Hall–Kier alpha value is -0.0800. The van der Waals surface area contributed by atoms with Crippen molar-refractivity contribution in [2.45, 2.75) is 26.0 Å². The molecule has 1 heterocycles. The summed E-state index contributed by atoms with van der Waals surface area (Å²) in [5, 5.41) is 0.619. The second-order valence-corrected chi connectivity index (χ2v) is 5.75. The van der Waals surface area contributed by atoms with Crippen LogP contribution in [0.5, 0.6) is 0 Å². The van der Waals surface area contributed by atoms with Crippen LogP contribution in [-0.4, -0.2) is 5.25 Å². The smallest absolute Gasteiger partial charge is 0.0438 e.